The lowest BCUT2D eigenvalue weighted by Crippen LogP contribution is -2.25. The van der Waals surface area contributed by atoms with Crippen molar-refractivity contribution in [3.05, 3.63) is 53.8 Å². The van der Waals surface area contributed by atoms with E-state index in [0.29, 0.717) is 12.3 Å². The molecule has 0 atom stereocenters. The number of ether oxygens (including phenoxy) is 2. The number of methoxy groups -OCH3 is 2. The van der Waals surface area contributed by atoms with Gasteiger partial charge in [-0.15, -0.1) is 0 Å². The molecule has 6 nitrogen and oxygen atoms in total. The van der Waals surface area contributed by atoms with Gasteiger partial charge in [0.05, 0.1) is 20.5 Å². The number of rotatable bonds is 9. The molecule has 3 aromatic rings. The summed E-state index contributed by atoms with van der Waals surface area (Å²) in [5.41, 5.74) is 5.32. The molecule has 0 radical (unpaired) electrons. The second-order valence-corrected chi connectivity index (χ2v) is 8.12. The van der Waals surface area contributed by atoms with E-state index in [0.717, 1.165) is 57.5 Å². The maximum Gasteiger partial charge on any atom is 0.244 e. The molecule has 1 amide bonds. The van der Waals surface area contributed by atoms with Crippen LogP contribution in [0.25, 0.3) is 27.7 Å². The number of amides is 1. The Morgan fingerprint density at radius 3 is 2.66 bits per heavy atom. The van der Waals surface area contributed by atoms with Gasteiger partial charge in [-0.25, -0.2) is 0 Å². The second kappa shape index (κ2) is 10.4. The van der Waals surface area contributed by atoms with Crippen molar-refractivity contribution in [3.63, 3.8) is 0 Å². The maximum atomic E-state index is 12.5. The fraction of sp³-hybridized carbons (Fsp3) is 0.346. The first-order valence-corrected chi connectivity index (χ1v) is 10.7. The van der Waals surface area contributed by atoms with Gasteiger partial charge < -0.3 is 24.1 Å². The molecule has 0 bridgehead atoms. The zero-order valence-corrected chi connectivity index (χ0v) is 19.7. The fourth-order valence-electron chi connectivity index (χ4n) is 3.82. The summed E-state index contributed by atoms with van der Waals surface area (Å²) in [4.78, 5) is 14.6. The van der Waals surface area contributed by atoms with Gasteiger partial charge >= 0.3 is 0 Å². The highest BCUT2D eigenvalue weighted by atomic mass is 16.5. The summed E-state index contributed by atoms with van der Waals surface area (Å²) in [7, 11) is 7.33. The van der Waals surface area contributed by atoms with Crippen LogP contribution in [0.2, 0.25) is 0 Å². The van der Waals surface area contributed by atoms with E-state index in [9.17, 15) is 4.79 Å². The third-order valence-electron chi connectivity index (χ3n) is 5.48. The lowest BCUT2D eigenvalue weighted by atomic mass is 9.96. The highest BCUT2D eigenvalue weighted by Crippen LogP contribution is 2.41. The monoisotopic (exact) mass is 436 g/mol. The van der Waals surface area contributed by atoms with E-state index < -0.39 is 0 Å². The SMILES string of the molecule is COc1cccc(-c2coc3c(C)c(OC)c(/C(C)=C/C(=O)NCCCN(C)C)cc23)c1. The average molecular weight is 437 g/mol. The van der Waals surface area contributed by atoms with Crippen molar-refractivity contribution >= 4 is 22.4 Å². The lowest BCUT2D eigenvalue weighted by molar-refractivity contribution is -0.116. The summed E-state index contributed by atoms with van der Waals surface area (Å²) in [6, 6.07) is 9.90. The molecule has 1 heterocycles. The summed E-state index contributed by atoms with van der Waals surface area (Å²) in [6.45, 7) is 5.46. The van der Waals surface area contributed by atoms with Gasteiger partial charge in [-0.3, -0.25) is 4.79 Å². The summed E-state index contributed by atoms with van der Waals surface area (Å²) < 4.78 is 17.0. The minimum Gasteiger partial charge on any atom is -0.497 e. The number of nitrogens with zero attached hydrogens (tertiary/aromatic N) is 1. The topological polar surface area (TPSA) is 63.9 Å². The Bertz CT molecular complexity index is 1130. The van der Waals surface area contributed by atoms with E-state index in [1.165, 1.54) is 0 Å². The molecule has 1 aromatic heterocycles. The van der Waals surface area contributed by atoms with E-state index in [4.69, 9.17) is 13.9 Å². The molecule has 0 aliphatic heterocycles. The van der Waals surface area contributed by atoms with E-state index in [-0.39, 0.29) is 5.91 Å². The van der Waals surface area contributed by atoms with Crippen molar-refractivity contribution in [3.8, 4) is 22.6 Å². The predicted octanol–water partition coefficient (Wildman–Crippen LogP) is 4.90. The third kappa shape index (κ3) is 5.14. The van der Waals surface area contributed by atoms with Crippen LogP contribution < -0.4 is 14.8 Å². The Morgan fingerprint density at radius 2 is 1.97 bits per heavy atom. The number of allylic oxidation sites excluding steroid dienone is 1. The molecule has 6 heteroatoms. The molecule has 0 spiro atoms. The van der Waals surface area contributed by atoms with Crippen molar-refractivity contribution in [2.75, 3.05) is 41.4 Å². The van der Waals surface area contributed by atoms with E-state index in [1.54, 1.807) is 26.6 Å². The lowest BCUT2D eigenvalue weighted by Gasteiger charge is -2.14. The fourth-order valence-corrected chi connectivity index (χ4v) is 3.82. The zero-order chi connectivity index (χ0) is 23.3. The molecule has 170 valence electrons. The largest absolute Gasteiger partial charge is 0.497 e. The number of aryl methyl sites for hydroxylation is 1. The maximum absolute atomic E-state index is 12.5. The standard InChI is InChI=1S/C26H32N2O4/c1-17(13-24(29)27-11-8-12-28(3)4)21-15-22-23(19-9-7-10-20(14-19)30-5)16-32-26(22)18(2)25(21)31-6/h7,9-10,13-16H,8,11-12H2,1-6H3,(H,27,29)/b17-13+. The summed E-state index contributed by atoms with van der Waals surface area (Å²) in [6.07, 6.45) is 4.29. The second-order valence-electron chi connectivity index (χ2n) is 8.12. The molecule has 1 N–H and O–H groups in total. The summed E-state index contributed by atoms with van der Waals surface area (Å²) >= 11 is 0. The van der Waals surface area contributed by atoms with Crippen LogP contribution in [0.1, 0.15) is 24.5 Å². The number of hydrogen-bond donors (Lipinski definition) is 1. The van der Waals surface area contributed by atoms with Crippen molar-refractivity contribution in [2.45, 2.75) is 20.3 Å². The van der Waals surface area contributed by atoms with Gasteiger partial charge in [0.15, 0.2) is 0 Å². The minimum absolute atomic E-state index is 0.110. The Kier molecular flexibility index (Phi) is 7.59. The highest BCUT2D eigenvalue weighted by Gasteiger charge is 2.19. The normalized spacial score (nSPS) is 11.8. The number of benzene rings is 2. The Hall–Kier alpha value is -3.25. The average Bonchev–Trinajstić information content (AvgIpc) is 3.21. The van der Waals surface area contributed by atoms with E-state index in [1.807, 2.05) is 58.3 Å². The van der Waals surface area contributed by atoms with Crippen LogP contribution in [-0.2, 0) is 4.79 Å². The summed E-state index contributed by atoms with van der Waals surface area (Å²) in [5.74, 6) is 1.38. The first-order chi connectivity index (χ1) is 15.3. The molecule has 0 aliphatic carbocycles. The number of carbonyl (C=O) groups excluding carboxylic acids is 1. The minimum atomic E-state index is -0.110. The molecule has 0 aliphatic rings. The van der Waals surface area contributed by atoms with Gasteiger partial charge in [-0.1, -0.05) is 12.1 Å². The van der Waals surface area contributed by atoms with Gasteiger partial charge in [0.2, 0.25) is 5.91 Å². The predicted molar refractivity (Wildman–Crippen MR) is 129 cm³/mol. The van der Waals surface area contributed by atoms with E-state index >= 15 is 0 Å². The molecule has 0 unspecified atom stereocenters. The van der Waals surface area contributed by atoms with Crippen LogP contribution in [0.4, 0.5) is 0 Å². The van der Waals surface area contributed by atoms with Gasteiger partial charge in [0.25, 0.3) is 0 Å². The first-order valence-electron chi connectivity index (χ1n) is 10.7. The van der Waals surface area contributed by atoms with Gasteiger partial charge in [-0.05, 0) is 70.2 Å². The van der Waals surface area contributed by atoms with Crippen LogP contribution in [-0.4, -0.2) is 52.2 Å². The number of nitrogens with one attached hydrogen (secondary N) is 1. The molecule has 3 rings (SSSR count). The molecule has 0 fully saturated rings. The number of fused-ring (bicyclic) bond motifs is 1. The number of hydrogen-bond acceptors (Lipinski definition) is 5. The smallest absolute Gasteiger partial charge is 0.244 e. The Morgan fingerprint density at radius 1 is 1.19 bits per heavy atom. The third-order valence-corrected chi connectivity index (χ3v) is 5.48. The quantitative estimate of drug-likeness (QED) is 0.382. The number of furan rings is 1. The molecule has 0 saturated heterocycles. The molecule has 0 saturated carbocycles. The van der Waals surface area contributed by atoms with Gasteiger partial charge in [0.1, 0.15) is 17.1 Å². The summed E-state index contributed by atoms with van der Waals surface area (Å²) in [5, 5.41) is 3.92. The van der Waals surface area contributed by atoms with Crippen molar-refractivity contribution in [1.82, 2.24) is 10.2 Å². The number of carbonyl (C=O) groups is 1. The Balaban J connectivity index is 1.98. The first kappa shape index (κ1) is 23.4. The van der Waals surface area contributed by atoms with Gasteiger partial charge in [-0.2, -0.15) is 0 Å². The van der Waals surface area contributed by atoms with Crippen LogP contribution in [0, 0.1) is 6.92 Å². The highest BCUT2D eigenvalue weighted by molar-refractivity contribution is 6.01. The Labute approximate surface area is 189 Å². The van der Waals surface area contributed by atoms with Crippen LogP contribution in [0.5, 0.6) is 11.5 Å². The molecule has 2 aromatic carbocycles. The van der Waals surface area contributed by atoms with Crippen molar-refractivity contribution < 1.29 is 18.7 Å². The van der Waals surface area contributed by atoms with Crippen LogP contribution >= 0.6 is 0 Å². The molecular weight excluding hydrogens is 404 g/mol. The van der Waals surface area contributed by atoms with Crippen molar-refractivity contribution in [2.24, 2.45) is 0 Å². The molecule has 32 heavy (non-hydrogen) atoms. The van der Waals surface area contributed by atoms with E-state index in [2.05, 4.69) is 10.2 Å². The van der Waals surface area contributed by atoms with Gasteiger partial charge in [0, 0.05) is 34.7 Å². The van der Waals surface area contributed by atoms with Crippen LogP contribution in [0.15, 0.2) is 47.1 Å². The zero-order valence-electron chi connectivity index (χ0n) is 19.7. The van der Waals surface area contributed by atoms with Crippen molar-refractivity contribution in [1.29, 1.82) is 0 Å². The van der Waals surface area contributed by atoms with Crippen LogP contribution in [0.3, 0.4) is 0 Å². The molecular formula is C26H32N2O4.